The molecule has 1 aromatic heterocycles. The van der Waals surface area contributed by atoms with E-state index in [9.17, 15) is 4.79 Å². The number of aromatic nitrogens is 2. The van der Waals surface area contributed by atoms with Crippen LogP contribution in [0.2, 0.25) is 0 Å². The third-order valence-electron chi connectivity index (χ3n) is 6.26. The van der Waals surface area contributed by atoms with E-state index in [4.69, 9.17) is 10.5 Å². The Hall–Kier alpha value is -1.93. The molecule has 3 heterocycles. The van der Waals surface area contributed by atoms with Crippen LogP contribution in [-0.2, 0) is 11.2 Å². The second-order valence-corrected chi connectivity index (χ2v) is 8.72. The third kappa shape index (κ3) is 6.77. The van der Waals surface area contributed by atoms with E-state index in [1.165, 1.54) is 52.0 Å². The summed E-state index contributed by atoms with van der Waals surface area (Å²) in [5, 5.41) is 0. The van der Waals surface area contributed by atoms with Gasteiger partial charge in [0.25, 0.3) is 0 Å². The summed E-state index contributed by atoms with van der Waals surface area (Å²) in [5.74, 6) is 1.07. The standard InChI is InChI=1S/C23H40N6O2/c1-3-5-10-27-13-15-28(16-14-27)11-8-7-9-12-29-20(30)18-19-21(24)25-23(26-22(19)29)31-17-6-4-2/h3-18H2,1-2H3,(H2,24,25,26). The van der Waals surface area contributed by atoms with Crippen molar-refractivity contribution in [3.63, 3.8) is 0 Å². The molecule has 0 bridgehead atoms. The van der Waals surface area contributed by atoms with Crippen LogP contribution in [0.4, 0.5) is 11.6 Å². The number of nitrogens with two attached hydrogens (primary N) is 1. The summed E-state index contributed by atoms with van der Waals surface area (Å²) in [6.45, 7) is 12.8. The van der Waals surface area contributed by atoms with Crippen LogP contribution >= 0.6 is 0 Å². The van der Waals surface area contributed by atoms with Crippen molar-refractivity contribution < 1.29 is 9.53 Å². The van der Waals surface area contributed by atoms with E-state index in [0.29, 0.717) is 31.2 Å². The van der Waals surface area contributed by atoms with Crippen molar-refractivity contribution in [3.05, 3.63) is 5.56 Å². The van der Waals surface area contributed by atoms with Crippen molar-refractivity contribution >= 4 is 17.5 Å². The molecule has 174 valence electrons. The number of nitrogens with zero attached hydrogens (tertiary/aromatic N) is 5. The largest absolute Gasteiger partial charge is 0.463 e. The summed E-state index contributed by atoms with van der Waals surface area (Å²) >= 11 is 0. The Morgan fingerprint density at radius 3 is 2.19 bits per heavy atom. The van der Waals surface area contributed by atoms with Gasteiger partial charge >= 0.3 is 6.01 Å². The SMILES string of the molecule is CCCCOc1nc(N)c2c(n1)N(CCCCCN1CCN(CCCC)CC1)C(=O)C2. The molecule has 0 saturated carbocycles. The fraction of sp³-hybridized carbons (Fsp3) is 0.783. The van der Waals surface area contributed by atoms with Crippen molar-refractivity contribution in [2.45, 2.75) is 65.2 Å². The fourth-order valence-corrected chi connectivity index (χ4v) is 4.23. The minimum absolute atomic E-state index is 0.0601. The third-order valence-corrected chi connectivity index (χ3v) is 6.26. The predicted molar refractivity (Wildman–Crippen MR) is 125 cm³/mol. The number of anilines is 2. The summed E-state index contributed by atoms with van der Waals surface area (Å²) in [6, 6.07) is 0.280. The maximum atomic E-state index is 12.5. The molecule has 2 aliphatic heterocycles. The number of rotatable bonds is 13. The highest BCUT2D eigenvalue weighted by atomic mass is 16.5. The van der Waals surface area contributed by atoms with E-state index in [1.807, 2.05) is 0 Å². The first kappa shape index (κ1) is 23.7. The molecule has 0 radical (unpaired) electrons. The van der Waals surface area contributed by atoms with Gasteiger partial charge in [0.2, 0.25) is 5.91 Å². The molecule has 1 amide bonds. The first-order chi connectivity index (χ1) is 15.1. The Balaban J connectivity index is 1.40. The number of ether oxygens (including phenoxy) is 1. The van der Waals surface area contributed by atoms with E-state index in [-0.39, 0.29) is 11.9 Å². The molecule has 0 aliphatic carbocycles. The summed E-state index contributed by atoms with van der Waals surface area (Å²) in [4.78, 5) is 28.2. The van der Waals surface area contributed by atoms with Crippen molar-refractivity contribution in [1.82, 2.24) is 19.8 Å². The molecular weight excluding hydrogens is 392 g/mol. The van der Waals surface area contributed by atoms with Gasteiger partial charge in [0.05, 0.1) is 13.0 Å². The zero-order valence-corrected chi connectivity index (χ0v) is 19.4. The van der Waals surface area contributed by atoms with Crippen molar-refractivity contribution in [2.75, 3.05) is 63.1 Å². The molecule has 0 atom stereocenters. The zero-order chi connectivity index (χ0) is 22.1. The van der Waals surface area contributed by atoms with Crippen LogP contribution in [0.3, 0.4) is 0 Å². The lowest BCUT2D eigenvalue weighted by Crippen LogP contribution is -2.46. The minimum Gasteiger partial charge on any atom is -0.463 e. The average Bonchev–Trinajstić information content (AvgIpc) is 3.09. The lowest BCUT2D eigenvalue weighted by atomic mass is 10.2. The Labute approximate surface area is 187 Å². The van der Waals surface area contributed by atoms with Crippen molar-refractivity contribution in [3.8, 4) is 6.01 Å². The number of amides is 1. The Bertz CT molecular complexity index is 706. The van der Waals surface area contributed by atoms with Crippen LogP contribution < -0.4 is 15.4 Å². The minimum atomic E-state index is 0.0601. The van der Waals surface area contributed by atoms with E-state index < -0.39 is 0 Å². The fourth-order valence-electron chi connectivity index (χ4n) is 4.23. The Morgan fingerprint density at radius 1 is 0.871 bits per heavy atom. The molecule has 0 spiro atoms. The summed E-state index contributed by atoms with van der Waals surface area (Å²) in [6.07, 6.45) is 8.10. The highest BCUT2D eigenvalue weighted by Gasteiger charge is 2.31. The van der Waals surface area contributed by atoms with Crippen LogP contribution in [0.15, 0.2) is 0 Å². The molecular formula is C23H40N6O2. The molecule has 3 rings (SSSR count). The number of nitrogen functional groups attached to an aromatic ring is 1. The van der Waals surface area contributed by atoms with Gasteiger partial charge in [-0.2, -0.15) is 9.97 Å². The number of hydrogen-bond acceptors (Lipinski definition) is 7. The van der Waals surface area contributed by atoms with Gasteiger partial charge < -0.3 is 20.3 Å². The molecule has 8 heteroatoms. The summed E-state index contributed by atoms with van der Waals surface area (Å²) in [5.41, 5.74) is 6.82. The Morgan fingerprint density at radius 2 is 1.52 bits per heavy atom. The second-order valence-electron chi connectivity index (χ2n) is 8.72. The molecule has 1 aromatic rings. The molecule has 8 nitrogen and oxygen atoms in total. The van der Waals surface area contributed by atoms with E-state index in [1.54, 1.807) is 4.90 Å². The quantitative estimate of drug-likeness (QED) is 0.480. The monoisotopic (exact) mass is 432 g/mol. The lowest BCUT2D eigenvalue weighted by molar-refractivity contribution is -0.117. The highest BCUT2D eigenvalue weighted by Crippen LogP contribution is 2.32. The Kier molecular flexibility index (Phi) is 9.33. The molecule has 0 aromatic carbocycles. The first-order valence-corrected chi connectivity index (χ1v) is 12.2. The number of piperazine rings is 1. The number of hydrogen-bond donors (Lipinski definition) is 1. The van der Waals surface area contributed by atoms with Gasteiger partial charge in [0, 0.05) is 38.3 Å². The molecule has 2 aliphatic rings. The topological polar surface area (TPSA) is 87.8 Å². The van der Waals surface area contributed by atoms with Crippen molar-refractivity contribution in [1.29, 1.82) is 0 Å². The van der Waals surface area contributed by atoms with E-state index >= 15 is 0 Å². The van der Waals surface area contributed by atoms with Gasteiger partial charge in [0.1, 0.15) is 11.6 Å². The zero-order valence-electron chi connectivity index (χ0n) is 19.4. The van der Waals surface area contributed by atoms with Crippen LogP contribution in [0.1, 0.15) is 64.4 Å². The molecule has 1 saturated heterocycles. The molecule has 31 heavy (non-hydrogen) atoms. The summed E-state index contributed by atoms with van der Waals surface area (Å²) in [7, 11) is 0. The maximum Gasteiger partial charge on any atom is 0.320 e. The molecule has 1 fully saturated rings. The van der Waals surface area contributed by atoms with Crippen LogP contribution in [0.25, 0.3) is 0 Å². The van der Waals surface area contributed by atoms with Crippen LogP contribution in [0, 0.1) is 0 Å². The molecule has 2 N–H and O–H groups in total. The van der Waals surface area contributed by atoms with Gasteiger partial charge in [-0.3, -0.25) is 9.69 Å². The van der Waals surface area contributed by atoms with Gasteiger partial charge in [-0.1, -0.05) is 33.1 Å². The van der Waals surface area contributed by atoms with E-state index in [2.05, 4.69) is 33.6 Å². The number of carbonyl (C=O) groups is 1. The van der Waals surface area contributed by atoms with Crippen LogP contribution in [0.5, 0.6) is 6.01 Å². The number of fused-ring (bicyclic) bond motifs is 1. The smallest absolute Gasteiger partial charge is 0.320 e. The predicted octanol–water partition coefficient (Wildman–Crippen LogP) is 2.71. The van der Waals surface area contributed by atoms with Gasteiger partial charge in [0.15, 0.2) is 0 Å². The van der Waals surface area contributed by atoms with Gasteiger partial charge in [-0.05, 0) is 38.8 Å². The maximum absolute atomic E-state index is 12.5. The average molecular weight is 433 g/mol. The van der Waals surface area contributed by atoms with Gasteiger partial charge in [-0.25, -0.2) is 0 Å². The number of unbranched alkanes of at least 4 members (excludes halogenated alkanes) is 4. The van der Waals surface area contributed by atoms with E-state index in [0.717, 1.165) is 37.8 Å². The van der Waals surface area contributed by atoms with Crippen LogP contribution in [-0.4, -0.2) is 78.1 Å². The second kappa shape index (κ2) is 12.2. The number of carbonyl (C=O) groups excluding carboxylic acids is 1. The highest BCUT2D eigenvalue weighted by molar-refractivity contribution is 6.01. The lowest BCUT2D eigenvalue weighted by Gasteiger charge is -2.34. The summed E-state index contributed by atoms with van der Waals surface area (Å²) < 4.78 is 5.63. The molecule has 0 unspecified atom stereocenters. The normalized spacial score (nSPS) is 17.4. The van der Waals surface area contributed by atoms with Crippen molar-refractivity contribution in [2.24, 2.45) is 0 Å². The first-order valence-electron chi connectivity index (χ1n) is 12.2. The van der Waals surface area contributed by atoms with Gasteiger partial charge in [-0.15, -0.1) is 0 Å².